The van der Waals surface area contributed by atoms with Crippen molar-refractivity contribution in [3.05, 3.63) is 0 Å². The van der Waals surface area contributed by atoms with Gasteiger partial charge in [-0.2, -0.15) is 8.61 Å². The Morgan fingerprint density at radius 3 is 2.00 bits per heavy atom. The van der Waals surface area contributed by atoms with Gasteiger partial charge in [-0.05, 0) is 0 Å². The minimum Gasteiger partial charge on any atom is -0.318 e. The second kappa shape index (κ2) is 4.30. The Labute approximate surface area is 112 Å². The van der Waals surface area contributed by atoms with E-state index in [1.807, 2.05) is 0 Å². The molecule has 2 aliphatic rings. The van der Waals surface area contributed by atoms with Gasteiger partial charge in [0, 0.05) is 20.1 Å². The van der Waals surface area contributed by atoms with Gasteiger partial charge in [-0.15, -0.1) is 0 Å². The minimum atomic E-state index is -3.53. The number of piperazine rings is 1. The molecule has 2 fully saturated rings. The van der Waals surface area contributed by atoms with Crippen molar-refractivity contribution >= 4 is 26.1 Å². The molecule has 110 valence electrons. The predicted molar refractivity (Wildman–Crippen MR) is 67.0 cm³/mol. The Balaban J connectivity index is 2.44. The van der Waals surface area contributed by atoms with E-state index in [1.54, 1.807) is 0 Å². The van der Waals surface area contributed by atoms with Crippen molar-refractivity contribution in [2.24, 2.45) is 0 Å². The highest BCUT2D eigenvalue weighted by Gasteiger charge is 2.51. The van der Waals surface area contributed by atoms with E-state index >= 15 is 0 Å². The predicted octanol–water partition coefficient (Wildman–Crippen LogP) is -2.17. The Morgan fingerprint density at radius 2 is 1.53 bits per heavy atom. The van der Waals surface area contributed by atoms with Gasteiger partial charge in [0.05, 0.1) is 12.5 Å². The van der Waals surface area contributed by atoms with E-state index in [2.05, 4.69) is 5.32 Å². The molecule has 0 aromatic heterocycles. The molecule has 0 aromatic carbocycles. The second-order valence-corrected chi connectivity index (χ2v) is 8.54. The Kier molecular flexibility index (Phi) is 3.28. The molecule has 2 rings (SSSR count). The molecule has 2 aliphatic heterocycles. The van der Waals surface area contributed by atoms with E-state index < -0.39 is 38.4 Å². The van der Waals surface area contributed by atoms with Crippen LogP contribution in [0, 0.1) is 0 Å². The van der Waals surface area contributed by atoms with Crippen LogP contribution in [0.2, 0.25) is 0 Å². The van der Waals surface area contributed by atoms with Crippen LogP contribution in [0.4, 0.5) is 4.79 Å². The molecule has 0 unspecified atom stereocenters. The van der Waals surface area contributed by atoms with Crippen LogP contribution in [0.3, 0.4) is 0 Å². The Hall–Kier alpha value is -0.910. The summed E-state index contributed by atoms with van der Waals surface area (Å²) in [5.74, 6) is 0. The number of carbonyl (C=O) groups is 1. The summed E-state index contributed by atoms with van der Waals surface area (Å²) in [4.78, 5) is 12.9. The Morgan fingerprint density at radius 1 is 1.05 bits per heavy atom. The standard InChI is InChI=1S/C8H16N4O5S2/c1-10-7-6(9-8(10)13)11(18(2,14)15)4-5-12(7)19(3,16)17/h6-7H,4-5H2,1-3H3,(H,9,13)/t6-,7+/m0/s1. The lowest BCUT2D eigenvalue weighted by Gasteiger charge is -2.42. The quantitative estimate of drug-likeness (QED) is 0.624. The maximum absolute atomic E-state index is 11.7. The van der Waals surface area contributed by atoms with Crippen LogP contribution in [0.15, 0.2) is 0 Å². The SMILES string of the molecule is CN1C(=O)N[C@@H]2[C@H]1N(S(C)(=O)=O)CCN2S(C)(=O)=O. The summed E-state index contributed by atoms with van der Waals surface area (Å²) in [6, 6.07) is -0.501. The van der Waals surface area contributed by atoms with Gasteiger partial charge in [0.15, 0.2) is 0 Å². The second-order valence-electron chi connectivity index (χ2n) is 4.67. The highest BCUT2D eigenvalue weighted by Crippen LogP contribution is 2.26. The number of hydrogen-bond acceptors (Lipinski definition) is 5. The molecular weight excluding hydrogens is 296 g/mol. The molecule has 2 amide bonds. The number of nitrogens with zero attached hydrogens (tertiary/aromatic N) is 3. The lowest BCUT2D eigenvalue weighted by Crippen LogP contribution is -2.65. The van der Waals surface area contributed by atoms with E-state index in [0.29, 0.717) is 0 Å². The monoisotopic (exact) mass is 312 g/mol. The molecule has 2 atom stereocenters. The van der Waals surface area contributed by atoms with Crippen LogP contribution in [0.25, 0.3) is 0 Å². The first-order valence-electron chi connectivity index (χ1n) is 5.50. The molecule has 11 heteroatoms. The largest absolute Gasteiger partial charge is 0.319 e. The number of fused-ring (bicyclic) bond motifs is 1. The van der Waals surface area contributed by atoms with E-state index in [-0.39, 0.29) is 13.1 Å². The number of hydrogen-bond donors (Lipinski definition) is 1. The zero-order chi connectivity index (χ0) is 14.6. The number of amides is 2. The van der Waals surface area contributed by atoms with E-state index in [0.717, 1.165) is 21.1 Å². The summed E-state index contributed by atoms with van der Waals surface area (Å²) in [6.07, 6.45) is 0.323. The lowest BCUT2D eigenvalue weighted by molar-refractivity contribution is 0.0801. The number of carbonyl (C=O) groups excluding carboxylic acids is 1. The number of urea groups is 1. The average molecular weight is 312 g/mol. The third-order valence-electron chi connectivity index (χ3n) is 3.27. The molecule has 2 saturated heterocycles. The van der Waals surface area contributed by atoms with Crippen LogP contribution >= 0.6 is 0 Å². The zero-order valence-electron chi connectivity index (χ0n) is 10.8. The summed E-state index contributed by atoms with van der Waals surface area (Å²) in [6.45, 7) is 0.0353. The molecule has 2 heterocycles. The molecule has 0 radical (unpaired) electrons. The van der Waals surface area contributed by atoms with Crippen molar-refractivity contribution in [1.29, 1.82) is 0 Å². The fourth-order valence-electron chi connectivity index (χ4n) is 2.41. The van der Waals surface area contributed by atoms with E-state index in [1.165, 1.54) is 11.9 Å². The summed E-state index contributed by atoms with van der Waals surface area (Å²) in [5, 5.41) is 2.49. The molecule has 0 saturated carbocycles. The van der Waals surface area contributed by atoms with Crippen molar-refractivity contribution in [3.8, 4) is 0 Å². The van der Waals surface area contributed by atoms with Gasteiger partial charge < -0.3 is 10.2 Å². The molecule has 19 heavy (non-hydrogen) atoms. The maximum atomic E-state index is 11.7. The third kappa shape index (κ3) is 2.42. The normalized spacial score (nSPS) is 30.3. The number of likely N-dealkylation sites (N-methyl/N-ethyl adjacent to an activating group) is 1. The highest BCUT2D eigenvalue weighted by molar-refractivity contribution is 7.88. The molecule has 1 N–H and O–H groups in total. The molecule has 0 aliphatic carbocycles. The average Bonchev–Trinajstić information content (AvgIpc) is 2.51. The van der Waals surface area contributed by atoms with Crippen LogP contribution in [0.5, 0.6) is 0 Å². The molecular formula is C8H16N4O5S2. The summed E-state index contributed by atoms with van der Waals surface area (Å²) >= 11 is 0. The van der Waals surface area contributed by atoms with Crippen LogP contribution in [-0.2, 0) is 20.0 Å². The van der Waals surface area contributed by atoms with Crippen molar-refractivity contribution in [2.45, 2.75) is 12.3 Å². The van der Waals surface area contributed by atoms with Gasteiger partial charge in [-0.1, -0.05) is 0 Å². The summed E-state index contributed by atoms with van der Waals surface area (Å²) in [7, 11) is -5.62. The van der Waals surface area contributed by atoms with Gasteiger partial charge in [0.1, 0.15) is 12.3 Å². The van der Waals surface area contributed by atoms with Crippen molar-refractivity contribution in [3.63, 3.8) is 0 Å². The molecule has 9 nitrogen and oxygen atoms in total. The smallest absolute Gasteiger partial charge is 0.318 e. The van der Waals surface area contributed by atoms with Gasteiger partial charge >= 0.3 is 6.03 Å². The first kappa shape index (κ1) is 14.5. The van der Waals surface area contributed by atoms with Crippen molar-refractivity contribution < 1.29 is 21.6 Å². The lowest BCUT2D eigenvalue weighted by atomic mass is 10.3. The molecule has 0 bridgehead atoms. The zero-order valence-corrected chi connectivity index (χ0v) is 12.4. The van der Waals surface area contributed by atoms with Gasteiger partial charge in [0.25, 0.3) is 0 Å². The number of rotatable bonds is 2. The number of nitrogens with one attached hydrogen (secondary N) is 1. The van der Waals surface area contributed by atoms with Crippen LogP contribution in [0.1, 0.15) is 0 Å². The van der Waals surface area contributed by atoms with Gasteiger partial charge in [-0.3, -0.25) is 0 Å². The minimum absolute atomic E-state index is 0.0151. The fourth-order valence-corrected chi connectivity index (χ4v) is 4.46. The topological polar surface area (TPSA) is 107 Å². The maximum Gasteiger partial charge on any atom is 0.319 e. The van der Waals surface area contributed by atoms with Gasteiger partial charge in [0.2, 0.25) is 20.0 Å². The summed E-state index contributed by atoms with van der Waals surface area (Å²) in [5.41, 5.74) is 0. The van der Waals surface area contributed by atoms with Crippen molar-refractivity contribution in [2.75, 3.05) is 32.6 Å². The van der Waals surface area contributed by atoms with E-state index in [9.17, 15) is 21.6 Å². The third-order valence-corrected chi connectivity index (χ3v) is 5.78. The van der Waals surface area contributed by atoms with Crippen LogP contribution < -0.4 is 5.32 Å². The van der Waals surface area contributed by atoms with Crippen LogP contribution in [-0.4, -0.2) is 81.4 Å². The molecule has 0 aromatic rings. The van der Waals surface area contributed by atoms with Gasteiger partial charge in [-0.25, -0.2) is 21.6 Å². The fraction of sp³-hybridized carbons (Fsp3) is 0.875. The van der Waals surface area contributed by atoms with E-state index in [4.69, 9.17) is 0 Å². The Bertz CT molecular complexity index is 601. The van der Waals surface area contributed by atoms with Crippen molar-refractivity contribution in [1.82, 2.24) is 18.8 Å². The first-order chi connectivity index (χ1) is 8.53. The first-order valence-corrected chi connectivity index (χ1v) is 9.20. The summed E-state index contributed by atoms with van der Waals surface area (Å²) < 4.78 is 49.1. The molecule has 0 spiro atoms. The number of sulfonamides is 2. The highest BCUT2D eigenvalue weighted by atomic mass is 32.2.